The van der Waals surface area contributed by atoms with Gasteiger partial charge in [-0.25, -0.2) is 14.5 Å². The summed E-state index contributed by atoms with van der Waals surface area (Å²) in [4.78, 5) is 35.8. The van der Waals surface area contributed by atoms with Crippen molar-refractivity contribution in [1.29, 1.82) is 0 Å². The third kappa shape index (κ3) is 6.39. The van der Waals surface area contributed by atoms with Crippen LogP contribution in [0.2, 0.25) is 0 Å². The van der Waals surface area contributed by atoms with Crippen molar-refractivity contribution in [3.63, 3.8) is 0 Å². The van der Waals surface area contributed by atoms with Crippen LogP contribution in [0.3, 0.4) is 0 Å². The van der Waals surface area contributed by atoms with Gasteiger partial charge in [-0.05, 0) is 60.0 Å². The molecule has 10 nitrogen and oxygen atoms in total. The number of carbonyl (C=O) groups is 2. The van der Waals surface area contributed by atoms with Gasteiger partial charge < -0.3 is 14.8 Å². The van der Waals surface area contributed by atoms with Crippen LogP contribution >= 0.6 is 11.8 Å². The number of aromatic nitrogens is 3. The molecule has 0 saturated carbocycles. The van der Waals surface area contributed by atoms with Crippen LogP contribution in [0.15, 0.2) is 72.0 Å². The van der Waals surface area contributed by atoms with E-state index in [0.717, 1.165) is 29.5 Å². The number of aliphatic imine (C=N–C) groups is 1. The maximum Gasteiger partial charge on any atom is 0.416 e. The van der Waals surface area contributed by atoms with E-state index in [1.807, 2.05) is 26.0 Å². The quantitative estimate of drug-likeness (QED) is 0.242. The SMILES string of the molecule is COc1ccc(C(C)C)c(N2C(=O)CSC2=NC(=O)Nc2ccc(-c3ncn(-c4ccc(C(F)(F)F)cc4)n3)cc2OC)c1. The van der Waals surface area contributed by atoms with E-state index >= 15 is 0 Å². The maximum absolute atomic E-state index is 13.0. The highest BCUT2D eigenvalue weighted by Gasteiger charge is 2.33. The van der Waals surface area contributed by atoms with Crippen molar-refractivity contribution in [2.75, 3.05) is 30.2 Å². The third-order valence-corrected chi connectivity index (χ3v) is 7.64. The van der Waals surface area contributed by atoms with Crippen LogP contribution in [0, 0.1) is 0 Å². The second-order valence-corrected chi connectivity index (χ2v) is 10.8. The van der Waals surface area contributed by atoms with Crippen LogP contribution in [0.5, 0.6) is 11.5 Å². The van der Waals surface area contributed by atoms with Crippen molar-refractivity contribution < 1.29 is 32.2 Å². The molecule has 4 aromatic rings. The van der Waals surface area contributed by atoms with Crippen molar-refractivity contribution in [2.45, 2.75) is 25.9 Å². The number of ether oxygens (including phenoxy) is 2. The molecule has 0 aliphatic carbocycles. The molecule has 1 N–H and O–H groups in total. The largest absolute Gasteiger partial charge is 0.497 e. The smallest absolute Gasteiger partial charge is 0.416 e. The van der Waals surface area contributed by atoms with E-state index in [9.17, 15) is 22.8 Å². The number of nitrogens with zero attached hydrogens (tertiary/aromatic N) is 5. The molecule has 1 aliphatic rings. The minimum absolute atomic E-state index is 0.1000. The monoisotopic (exact) mass is 624 g/mol. The van der Waals surface area contributed by atoms with Crippen molar-refractivity contribution >= 4 is 40.2 Å². The molecule has 1 aromatic heterocycles. The van der Waals surface area contributed by atoms with Crippen LogP contribution in [0.4, 0.5) is 29.3 Å². The number of benzene rings is 3. The number of methoxy groups -OCH3 is 2. The number of hydrogen-bond acceptors (Lipinski definition) is 7. The van der Waals surface area contributed by atoms with Gasteiger partial charge in [0, 0.05) is 11.6 Å². The summed E-state index contributed by atoms with van der Waals surface area (Å²) < 4.78 is 50.9. The number of anilines is 2. The Hall–Kier alpha value is -4.85. The Morgan fingerprint density at radius 1 is 1.05 bits per heavy atom. The van der Waals surface area contributed by atoms with Gasteiger partial charge in [0.15, 0.2) is 11.0 Å². The number of hydrogen-bond donors (Lipinski definition) is 1. The Morgan fingerprint density at radius 3 is 2.45 bits per heavy atom. The first-order valence-electron chi connectivity index (χ1n) is 13.3. The minimum Gasteiger partial charge on any atom is -0.497 e. The first-order valence-corrected chi connectivity index (χ1v) is 14.3. The van der Waals surface area contributed by atoms with E-state index in [1.54, 1.807) is 24.3 Å². The second kappa shape index (κ2) is 12.4. The standard InChI is InChI=1S/C30H27F3N6O4S/c1-17(2)22-11-10-21(42-3)14-24(22)39-26(40)15-44-29(39)36-28(41)35-23-12-5-18(13-25(23)43-4)27-34-16-38(37-27)20-8-6-19(7-9-20)30(31,32)33/h5-14,16-17H,15H2,1-4H3,(H,35,41). The number of amides is 3. The summed E-state index contributed by atoms with van der Waals surface area (Å²) >= 11 is 1.16. The van der Waals surface area contributed by atoms with E-state index < -0.39 is 17.8 Å². The van der Waals surface area contributed by atoms with Gasteiger partial charge in [-0.3, -0.25) is 9.69 Å². The van der Waals surface area contributed by atoms with Gasteiger partial charge in [0.05, 0.1) is 42.6 Å². The van der Waals surface area contributed by atoms with Crippen molar-refractivity contribution in [1.82, 2.24) is 14.8 Å². The normalized spacial score (nSPS) is 14.4. The lowest BCUT2D eigenvalue weighted by molar-refractivity contribution is -0.137. The van der Waals surface area contributed by atoms with Crippen molar-refractivity contribution in [3.05, 3.63) is 78.1 Å². The van der Waals surface area contributed by atoms with E-state index in [1.165, 1.54) is 42.3 Å². The zero-order valence-electron chi connectivity index (χ0n) is 24.0. The van der Waals surface area contributed by atoms with Crippen LogP contribution in [0.1, 0.15) is 30.9 Å². The number of amidine groups is 1. The molecule has 0 atom stereocenters. The van der Waals surface area contributed by atoms with E-state index in [2.05, 4.69) is 20.4 Å². The third-order valence-electron chi connectivity index (χ3n) is 6.72. The average molecular weight is 625 g/mol. The second-order valence-electron chi connectivity index (χ2n) is 9.89. The Labute approximate surface area is 254 Å². The fourth-order valence-electron chi connectivity index (χ4n) is 4.50. The molecular weight excluding hydrogens is 597 g/mol. The van der Waals surface area contributed by atoms with Gasteiger partial charge in [-0.2, -0.15) is 18.2 Å². The van der Waals surface area contributed by atoms with Gasteiger partial charge in [0.1, 0.15) is 17.8 Å². The summed E-state index contributed by atoms with van der Waals surface area (Å²) in [5, 5.41) is 7.29. The molecule has 0 spiro atoms. The van der Waals surface area contributed by atoms with Crippen LogP contribution in [0.25, 0.3) is 17.1 Å². The number of alkyl halides is 3. The Balaban J connectivity index is 1.36. The number of thioether (sulfide) groups is 1. The number of nitrogens with one attached hydrogen (secondary N) is 1. The predicted octanol–water partition coefficient (Wildman–Crippen LogP) is 6.76. The molecule has 2 heterocycles. The summed E-state index contributed by atoms with van der Waals surface area (Å²) in [5.41, 5.74) is 2.00. The molecular formula is C30H27F3N6O4S. The van der Waals surface area contributed by atoms with Gasteiger partial charge in [-0.1, -0.05) is 31.7 Å². The molecule has 5 rings (SSSR count). The summed E-state index contributed by atoms with van der Waals surface area (Å²) in [6.45, 7) is 4.01. The summed E-state index contributed by atoms with van der Waals surface area (Å²) in [6, 6.07) is 14.2. The molecule has 1 saturated heterocycles. The van der Waals surface area contributed by atoms with Gasteiger partial charge >= 0.3 is 12.2 Å². The minimum atomic E-state index is -4.44. The van der Waals surface area contributed by atoms with Gasteiger partial charge in [-0.15, -0.1) is 5.10 Å². The van der Waals surface area contributed by atoms with Crippen LogP contribution in [-0.2, 0) is 11.0 Å². The zero-order valence-corrected chi connectivity index (χ0v) is 24.9. The average Bonchev–Trinajstić information content (AvgIpc) is 3.63. The first kappa shape index (κ1) is 30.6. The highest BCUT2D eigenvalue weighted by molar-refractivity contribution is 8.15. The topological polar surface area (TPSA) is 111 Å². The molecule has 3 amide bonds. The predicted molar refractivity (Wildman–Crippen MR) is 162 cm³/mol. The molecule has 1 fully saturated rings. The number of rotatable bonds is 7. The Kier molecular flexibility index (Phi) is 8.63. The molecule has 44 heavy (non-hydrogen) atoms. The lowest BCUT2D eigenvalue weighted by Gasteiger charge is -2.22. The zero-order chi connectivity index (χ0) is 31.6. The fraction of sp³-hybridized carbons (Fsp3) is 0.233. The lowest BCUT2D eigenvalue weighted by Crippen LogP contribution is -2.31. The van der Waals surface area contributed by atoms with Crippen molar-refractivity contribution in [2.24, 2.45) is 4.99 Å². The van der Waals surface area contributed by atoms with E-state index in [0.29, 0.717) is 34.1 Å². The molecule has 3 aromatic carbocycles. The number of carbonyl (C=O) groups excluding carboxylic acids is 2. The van der Waals surface area contributed by atoms with Crippen LogP contribution < -0.4 is 19.7 Å². The molecule has 0 unspecified atom stereocenters. The summed E-state index contributed by atoms with van der Waals surface area (Å²) in [5.74, 6) is 1.18. The summed E-state index contributed by atoms with van der Waals surface area (Å²) in [7, 11) is 2.97. The Morgan fingerprint density at radius 2 is 1.80 bits per heavy atom. The van der Waals surface area contributed by atoms with E-state index in [4.69, 9.17) is 9.47 Å². The van der Waals surface area contributed by atoms with Crippen LogP contribution in [-0.4, -0.2) is 51.8 Å². The van der Waals surface area contributed by atoms with Gasteiger partial charge in [0.25, 0.3) is 0 Å². The summed E-state index contributed by atoms with van der Waals surface area (Å²) in [6.07, 6.45) is -3.05. The van der Waals surface area contributed by atoms with E-state index in [-0.39, 0.29) is 28.6 Å². The molecule has 0 radical (unpaired) electrons. The fourth-order valence-corrected chi connectivity index (χ4v) is 5.36. The highest BCUT2D eigenvalue weighted by Crippen LogP contribution is 2.36. The number of urea groups is 1. The van der Waals surface area contributed by atoms with Crippen molar-refractivity contribution in [3.8, 4) is 28.6 Å². The molecule has 0 bridgehead atoms. The molecule has 1 aliphatic heterocycles. The Bertz CT molecular complexity index is 1740. The number of halogens is 3. The molecule has 14 heteroatoms. The lowest BCUT2D eigenvalue weighted by atomic mass is 10.00. The van der Waals surface area contributed by atoms with Gasteiger partial charge in [0.2, 0.25) is 5.91 Å². The highest BCUT2D eigenvalue weighted by atomic mass is 32.2. The maximum atomic E-state index is 13.0. The molecule has 228 valence electrons. The first-order chi connectivity index (χ1) is 21.0.